The highest BCUT2D eigenvalue weighted by Gasteiger charge is 2.42. The fraction of sp³-hybridized carbons (Fsp3) is 0.529. The molecule has 2 fully saturated rings. The number of anilines is 1. The normalized spacial score (nSPS) is 27.9. The van der Waals surface area contributed by atoms with Crippen LogP contribution in [-0.4, -0.2) is 85.3 Å². The van der Waals surface area contributed by atoms with E-state index in [9.17, 15) is 13.2 Å². The molecular formula is C17H22N4O3S2. The van der Waals surface area contributed by atoms with Gasteiger partial charge in [-0.1, -0.05) is 11.8 Å². The Hall–Kier alpha value is -1.58. The summed E-state index contributed by atoms with van der Waals surface area (Å²) in [6, 6.07) is 7.27. The van der Waals surface area contributed by atoms with Crippen LogP contribution in [0.1, 0.15) is 10.4 Å². The SMILES string of the molecule is CN1CCN(C(=O)c2ccc(NC3=NC4CS(=O)(=O)CC4S3)cc2)CC1. The zero-order valence-electron chi connectivity index (χ0n) is 14.6. The maximum atomic E-state index is 12.6. The number of hydrogen-bond donors (Lipinski definition) is 1. The van der Waals surface area contributed by atoms with Crippen molar-refractivity contribution in [3.8, 4) is 0 Å². The lowest BCUT2D eigenvalue weighted by molar-refractivity contribution is 0.0664. The predicted molar refractivity (Wildman–Crippen MR) is 105 cm³/mol. The van der Waals surface area contributed by atoms with Crippen LogP contribution in [0.15, 0.2) is 29.3 Å². The van der Waals surface area contributed by atoms with Crippen molar-refractivity contribution < 1.29 is 13.2 Å². The number of aliphatic imine (C=N–C) groups is 1. The molecule has 0 saturated carbocycles. The Morgan fingerprint density at radius 2 is 1.85 bits per heavy atom. The summed E-state index contributed by atoms with van der Waals surface area (Å²) in [5, 5.41) is 4.02. The third kappa shape index (κ3) is 3.74. The van der Waals surface area contributed by atoms with Crippen molar-refractivity contribution in [3.63, 3.8) is 0 Å². The first-order chi connectivity index (χ1) is 12.4. The number of hydrogen-bond acceptors (Lipinski definition) is 7. The van der Waals surface area contributed by atoms with Gasteiger partial charge in [0.1, 0.15) is 0 Å². The van der Waals surface area contributed by atoms with Crippen molar-refractivity contribution in [2.45, 2.75) is 11.3 Å². The van der Waals surface area contributed by atoms with Gasteiger partial charge in [0, 0.05) is 42.7 Å². The van der Waals surface area contributed by atoms with Crippen LogP contribution in [0.4, 0.5) is 5.69 Å². The summed E-state index contributed by atoms with van der Waals surface area (Å²) in [4.78, 5) is 21.2. The standard InChI is InChI=1S/C17H22N4O3S2/c1-20-6-8-21(9-7-20)16(22)12-2-4-13(5-3-12)18-17-19-14-10-26(23,24)11-15(14)25-17/h2-5,14-15H,6-11H2,1H3,(H,18,19). The van der Waals surface area contributed by atoms with Crippen molar-refractivity contribution in [1.29, 1.82) is 0 Å². The second kappa shape index (κ2) is 6.86. The molecule has 1 N–H and O–H groups in total. The van der Waals surface area contributed by atoms with E-state index in [1.165, 1.54) is 11.8 Å². The first-order valence-electron chi connectivity index (χ1n) is 8.69. The van der Waals surface area contributed by atoms with Gasteiger partial charge in [0.05, 0.1) is 17.5 Å². The average Bonchev–Trinajstić information content (AvgIpc) is 3.08. The van der Waals surface area contributed by atoms with Crippen LogP contribution >= 0.6 is 11.8 Å². The van der Waals surface area contributed by atoms with Crippen LogP contribution in [0, 0.1) is 0 Å². The summed E-state index contributed by atoms with van der Waals surface area (Å²) in [7, 11) is -0.867. The Labute approximate surface area is 157 Å². The minimum Gasteiger partial charge on any atom is -0.336 e. The highest BCUT2D eigenvalue weighted by atomic mass is 32.2. The van der Waals surface area contributed by atoms with Gasteiger partial charge in [-0.05, 0) is 31.3 Å². The molecule has 0 radical (unpaired) electrons. The van der Waals surface area contributed by atoms with Gasteiger partial charge in [0.2, 0.25) is 0 Å². The summed E-state index contributed by atoms with van der Waals surface area (Å²) in [6.45, 7) is 3.32. The lowest BCUT2D eigenvalue weighted by atomic mass is 10.1. The van der Waals surface area contributed by atoms with E-state index < -0.39 is 9.84 Å². The number of thioether (sulfide) groups is 1. The molecule has 1 aromatic carbocycles. The Balaban J connectivity index is 1.37. The van der Waals surface area contributed by atoms with Gasteiger partial charge in [0.25, 0.3) is 5.91 Å². The Morgan fingerprint density at radius 1 is 1.15 bits per heavy atom. The number of amides is 1. The summed E-state index contributed by atoms with van der Waals surface area (Å²) >= 11 is 1.49. The van der Waals surface area contributed by atoms with E-state index in [4.69, 9.17) is 0 Å². The highest BCUT2D eigenvalue weighted by molar-refractivity contribution is 8.15. The largest absolute Gasteiger partial charge is 0.336 e. The molecule has 26 heavy (non-hydrogen) atoms. The number of rotatable bonds is 2. The van der Waals surface area contributed by atoms with Gasteiger partial charge in [-0.25, -0.2) is 8.42 Å². The molecule has 9 heteroatoms. The van der Waals surface area contributed by atoms with Crippen LogP contribution < -0.4 is 5.32 Å². The van der Waals surface area contributed by atoms with Crippen LogP contribution in [0.25, 0.3) is 0 Å². The van der Waals surface area contributed by atoms with Crippen molar-refractivity contribution in [3.05, 3.63) is 29.8 Å². The minimum absolute atomic E-state index is 0.0283. The number of amidine groups is 1. The topological polar surface area (TPSA) is 82.1 Å². The predicted octanol–water partition coefficient (Wildman–Crippen LogP) is 0.754. The van der Waals surface area contributed by atoms with Crippen molar-refractivity contribution in [2.24, 2.45) is 4.99 Å². The number of benzene rings is 1. The number of fused-ring (bicyclic) bond motifs is 1. The molecule has 0 spiro atoms. The molecule has 4 rings (SSSR count). The average molecular weight is 395 g/mol. The molecule has 1 amide bonds. The first kappa shape index (κ1) is 17.8. The lowest BCUT2D eigenvalue weighted by Crippen LogP contribution is -2.47. The van der Waals surface area contributed by atoms with Crippen molar-refractivity contribution in [2.75, 3.05) is 50.0 Å². The molecule has 2 atom stereocenters. The van der Waals surface area contributed by atoms with E-state index >= 15 is 0 Å². The number of carbonyl (C=O) groups excluding carboxylic acids is 1. The van der Waals surface area contributed by atoms with Gasteiger partial charge in [-0.2, -0.15) is 0 Å². The zero-order valence-corrected chi connectivity index (χ0v) is 16.2. The summed E-state index contributed by atoms with van der Waals surface area (Å²) < 4.78 is 23.2. The van der Waals surface area contributed by atoms with E-state index in [1.54, 1.807) is 0 Å². The molecule has 2 saturated heterocycles. The zero-order chi connectivity index (χ0) is 18.3. The number of piperazine rings is 1. The molecule has 140 valence electrons. The molecule has 0 bridgehead atoms. The quantitative estimate of drug-likeness (QED) is 0.797. The minimum atomic E-state index is -2.93. The van der Waals surface area contributed by atoms with E-state index in [2.05, 4.69) is 22.3 Å². The lowest BCUT2D eigenvalue weighted by Gasteiger charge is -2.32. The van der Waals surface area contributed by atoms with Gasteiger partial charge in [-0.15, -0.1) is 0 Å². The number of likely N-dealkylation sites (N-methyl/N-ethyl adjacent to an activating group) is 1. The van der Waals surface area contributed by atoms with Crippen LogP contribution in [0.5, 0.6) is 0 Å². The van der Waals surface area contributed by atoms with Crippen LogP contribution in [0.3, 0.4) is 0 Å². The third-order valence-corrected chi connectivity index (χ3v) is 8.13. The number of sulfone groups is 1. The van der Waals surface area contributed by atoms with Crippen molar-refractivity contribution >= 4 is 38.4 Å². The molecule has 3 heterocycles. The molecule has 3 aliphatic rings. The number of nitrogens with one attached hydrogen (secondary N) is 1. The molecule has 0 aliphatic carbocycles. The maximum Gasteiger partial charge on any atom is 0.253 e. The van der Waals surface area contributed by atoms with Gasteiger partial charge < -0.3 is 15.1 Å². The molecule has 7 nitrogen and oxygen atoms in total. The Bertz CT molecular complexity index is 830. The Morgan fingerprint density at radius 3 is 2.50 bits per heavy atom. The maximum absolute atomic E-state index is 12.6. The van der Waals surface area contributed by atoms with Crippen LogP contribution in [0.2, 0.25) is 0 Å². The van der Waals surface area contributed by atoms with Crippen LogP contribution in [-0.2, 0) is 9.84 Å². The third-order valence-electron chi connectivity index (χ3n) is 4.99. The molecule has 0 aromatic heterocycles. The van der Waals surface area contributed by atoms with Gasteiger partial charge in [0.15, 0.2) is 15.0 Å². The molecular weight excluding hydrogens is 372 g/mol. The Kier molecular flexibility index (Phi) is 4.70. The highest BCUT2D eigenvalue weighted by Crippen LogP contribution is 2.34. The summed E-state index contributed by atoms with van der Waals surface area (Å²) in [5.41, 5.74) is 1.54. The molecule has 2 unspecified atom stereocenters. The second-order valence-electron chi connectivity index (χ2n) is 7.03. The summed E-state index contributed by atoms with van der Waals surface area (Å²) in [6.07, 6.45) is 0. The van der Waals surface area contributed by atoms with E-state index in [0.717, 1.165) is 37.0 Å². The molecule has 3 aliphatic heterocycles. The molecule has 1 aromatic rings. The second-order valence-corrected chi connectivity index (χ2v) is 10.4. The fourth-order valence-electron chi connectivity index (χ4n) is 3.43. The summed E-state index contributed by atoms with van der Waals surface area (Å²) in [5.74, 6) is 0.418. The van der Waals surface area contributed by atoms with E-state index in [0.29, 0.717) is 5.56 Å². The number of nitrogens with zero attached hydrogens (tertiary/aromatic N) is 3. The number of carbonyl (C=O) groups is 1. The smallest absolute Gasteiger partial charge is 0.253 e. The van der Waals surface area contributed by atoms with Crippen molar-refractivity contribution in [1.82, 2.24) is 9.80 Å². The van der Waals surface area contributed by atoms with Gasteiger partial charge in [-0.3, -0.25) is 9.79 Å². The first-order valence-corrected chi connectivity index (χ1v) is 11.4. The van der Waals surface area contributed by atoms with Gasteiger partial charge >= 0.3 is 0 Å². The fourth-order valence-corrected chi connectivity index (χ4v) is 7.10. The van der Waals surface area contributed by atoms with E-state index in [1.807, 2.05) is 29.2 Å². The monoisotopic (exact) mass is 394 g/mol. The van der Waals surface area contributed by atoms with E-state index in [-0.39, 0.29) is 28.7 Å².